The molecule has 0 aliphatic rings. The molecule has 6 nitrogen and oxygen atoms in total. The van der Waals surface area contributed by atoms with Crippen molar-refractivity contribution >= 4 is 11.6 Å². The van der Waals surface area contributed by atoms with Crippen LogP contribution in [0.1, 0.15) is 0 Å². The second kappa shape index (κ2) is 9.76. The molecule has 0 atom stereocenters. The van der Waals surface area contributed by atoms with Crippen LogP contribution in [-0.2, 0) is 4.79 Å². The number of nitrogens with one attached hydrogen (secondary N) is 1. The van der Waals surface area contributed by atoms with Gasteiger partial charge in [0, 0.05) is 22.9 Å². The standard InChI is InChI=1S/C22H12F4N4.C2HF3O2/c23-15-6-4-12(8-18(15)26)19-10-27-20-7-5-13(11-30(19)20)14-9-28-29-22(14)21-16(24)2-1-3-17(21)25;3-2(4,5)1(6)7/h1-11H,(H,28,29);(H,6,7). The molecule has 0 bridgehead atoms. The smallest absolute Gasteiger partial charge is 0.475 e. The number of rotatable bonds is 3. The molecule has 2 aromatic carbocycles. The maximum Gasteiger partial charge on any atom is 0.490 e. The number of benzene rings is 2. The maximum absolute atomic E-state index is 14.3. The average molecular weight is 522 g/mol. The molecule has 0 saturated carbocycles. The second-order valence-electron chi connectivity index (χ2n) is 7.48. The molecule has 3 aromatic heterocycles. The number of aromatic amines is 1. The quantitative estimate of drug-likeness (QED) is 0.275. The number of aliphatic carboxylic acids is 1. The first-order chi connectivity index (χ1) is 17.5. The van der Waals surface area contributed by atoms with Crippen LogP contribution in [0.4, 0.5) is 30.7 Å². The lowest BCUT2D eigenvalue weighted by Gasteiger charge is -2.08. The molecule has 2 N–H and O–H groups in total. The monoisotopic (exact) mass is 522 g/mol. The Bertz CT molecular complexity index is 1590. The number of alkyl halides is 3. The molecule has 0 aliphatic carbocycles. The Balaban J connectivity index is 0.000000405. The third kappa shape index (κ3) is 5.15. The number of H-pyrrole nitrogens is 1. The lowest BCUT2D eigenvalue weighted by molar-refractivity contribution is -0.192. The molecule has 0 saturated heterocycles. The summed E-state index contributed by atoms with van der Waals surface area (Å²) in [6.45, 7) is 0. The Kier molecular flexibility index (Phi) is 6.70. The molecule has 0 spiro atoms. The van der Waals surface area contributed by atoms with Crippen molar-refractivity contribution in [1.29, 1.82) is 0 Å². The van der Waals surface area contributed by atoms with E-state index >= 15 is 0 Å². The zero-order valence-electron chi connectivity index (χ0n) is 18.2. The Hall–Kier alpha value is -4.68. The third-order valence-corrected chi connectivity index (χ3v) is 5.13. The molecule has 0 aliphatic heterocycles. The second-order valence-corrected chi connectivity index (χ2v) is 7.48. The number of nitrogens with zero attached hydrogens (tertiary/aromatic N) is 3. The molecule has 37 heavy (non-hydrogen) atoms. The number of fused-ring (bicyclic) bond motifs is 1. The minimum absolute atomic E-state index is 0.194. The zero-order valence-corrected chi connectivity index (χ0v) is 18.2. The number of carboxylic acid groups (broad SMARTS) is 1. The third-order valence-electron chi connectivity index (χ3n) is 5.13. The van der Waals surface area contributed by atoms with E-state index in [-0.39, 0.29) is 11.3 Å². The van der Waals surface area contributed by atoms with E-state index in [1.165, 1.54) is 30.5 Å². The van der Waals surface area contributed by atoms with Crippen LogP contribution in [0.3, 0.4) is 0 Å². The first-order valence-electron chi connectivity index (χ1n) is 10.2. The van der Waals surface area contributed by atoms with Crippen LogP contribution in [-0.4, -0.2) is 36.8 Å². The molecular formula is C24H13F7N4O2. The molecule has 0 unspecified atom stereocenters. The number of hydrogen-bond donors (Lipinski definition) is 2. The molecule has 13 heteroatoms. The molecule has 3 heterocycles. The first kappa shape index (κ1) is 25.4. The minimum Gasteiger partial charge on any atom is -0.475 e. The number of carbonyl (C=O) groups is 1. The van der Waals surface area contributed by atoms with Crippen molar-refractivity contribution in [3.05, 3.63) is 90.4 Å². The van der Waals surface area contributed by atoms with Gasteiger partial charge in [0.15, 0.2) is 11.6 Å². The van der Waals surface area contributed by atoms with Gasteiger partial charge < -0.3 is 5.11 Å². The van der Waals surface area contributed by atoms with E-state index in [2.05, 4.69) is 15.2 Å². The predicted octanol–water partition coefficient (Wildman–Crippen LogP) is 6.25. The maximum atomic E-state index is 14.3. The van der Waals surface area contributed by atoms with Gasteiger partial charge in [0.25, 0.3) is 0 Å². The van der Waals surface area contributed by atoms with Crippen LogP contribution in [0.2, 0.25) is 0 Å². The summed E-state index contributed by atoms with van der Waals surface area (Å²) >= 11 is 0. The Morgan fingerprint density at radius 3 is 2.14 bits per heavy atom. The van der Waals surface area contributed by atoms with E-state index in [0.29, 0.717) is 28.0 Å². The van der Waals surface area contributed by atoms with Gasteiger partial charge in [0.05, 0.1) is 29.3 Å². The lowest BCUT2D eigenvalue weighted by atomic mass is 10.0. The first-order valence-corrected chi connectivity index (χ1v) is 10.2. The Morgan fingerprint density at radius 1 is 0.865 bits per heavy atom. The number of hydrogen-bond acceptors (Lipinski definition) is 3. The van der Waals surface area contributed by atoms with Crippen LogP contribution >= 0.6 is 0 Å². The van der Waals surface area contributed by atoms with Gasteiger partial charge in [-0.1, -0.05) is 6.07 Å². The lowest BCUT2D eigenvalue weighted by Crippen LogP contribution is -2.21. The summed E-state index contributed by atoms with van der Waals surface area (Å²) in [7, 11) is 0. The summed E-state index contributed by atoms with van der Waals surface area (Å²) in [5, 5.41) is 13.7. The molecule has 190 valence electrons. The highest BCUT2D eigenvalue weighted by atomic mass is 19.4. The Labute approximate surface area is 202 Å². The molecule has 0 fully saturated rings. The van der Waals surface area contributed by atoms with Gasteiger partial charge in [-0.15, -0.1) is 0 Å². The zero-order chi connectivity index (χ0) is 26.9. The van der Waals surface area contributed by atoms with Crippen molar-refractivity contribution in [2.75, 3.05) is 0 Å². The minimum atomic E-state index is -5.08. The van der Waals surface area contributed by atoms with E-state index in [1.54, 1.807) is 28.9 Å². The van der Waals surface area contributed by atoms with Crippen LogP contribution < -0.4 is 0 Å². The van der Waals surface area contributed by atoms with Crippen molar-refractivity contribution in [3.8, 4) is 33.6 Å². The van der Waals surface area contributed by atoms with Crippen LogP contribution in [0.25, 0.3) is 39.3 Å². The van der Waals surface area contributed by atoms with Gasteiger partial charge >= 0.3 is 12.1 Å². The van der Waals surface area contributed by atoms with E-state index < -0.39 is 35.4 Å². The fourth-order valence-electron chi connectivity index (χ4n) is 3.44. The fourth-order valence-corrected chi connectivity index (χ4v) is 3.44. The topological polar surface area (TPSA) is 83.3 Å². The van der Waals surface area contributed by atoms with Gasteiger partial charge in [-0.2, -0.15) is 18.3 Å². The van der Waals surface area contributed by atoms with E-state index in [9.17, 15) is 30.7 Å². The van der Waals surface area contributed by atoms with Gasteiger partial charge in [0.1, 0.15) is 17.3 Å². The van der Waals surface area contributed by atoms with Crippen molar-refractivity contribution in [2.24, 2.45) is 0 Å². The van der Waals surface area contributed by atoms with Crippen LogP contribution in [0.5, 0.6) is 0 Å². The summed E-state index contributed by atoms with van der Waals surface area (Å²) in [4.78, 5) is 13.2. The highest BCUT2D eigenvalue weighted by Gasteiger charge is 2.38. The summed E-state index contributed by atoms with van der Waals surface area (Å²) in [5.41, 5.74) is 2.61. The number of aromatic nitrogens is 4. The molecule has 5 rings (SSSR count). The average Bonchev–Trinajstić information content (AvgIpc) is 3.47. The summed E-state index contributed by atoms with van der Waals surface area (Å²) < 4.78 is 89.0. The van der Waals surface area contributed by atoms with Gasteiger partial charge in [0.2, 0.25) is 0 Å². The molecular weight excluding hydrogens is 509 g/mol. The summed E-state index contributed by atoms with van der Waals surface area (Å²) in [6.07, 6.45) is -0.374. The largest absolute Gasteiger partial charge is 0.490 e. The highest BCUT2D eigenvalue weighted by molar-refractivity contribution is 5.81. The summed E-state index contributed by atoms with van der Waals surface area (Å²) in [5.74, 6) is -6.10. The van der Waals surface area contributed by atoms with E-state index in [0.717, 1.165) is 12.1 Å². The van der Waals surface area contributed by atoms with Crippen LogP contribution in [0, 0.1) is 23.3 Å². The summed E-state index contributed by atoms with van der Waals surface area (Å²) in [6, 6.07) is 10.7. The van der Waals surface area contributed by atoms with Gasteiger partial charge in [-0.05, 0) is 42.5 Å². The fraction of sp³-hybridized carbons (Fsp3) is 0.0417. The highest BCUT2D eigenvalue weighted by Crippen LogP contribution is 2.34. The number of pyridine rings is 1. The molecule has 5 aromatic rings. The van der Waals surface area contributed by atoms with Crippen LogP contribution in [0.15, 0.2) is 67.1 Å². The normalized spacial score (nSPS) is 11.3. The van der Waals surface area contributed by atoms with Gasteiger partial charge in [-0.25, -0.2) is 27.3 Å². The SMILES string of the molecule is Fc1ccc(-c2cnc3ccc(-c4cn[nH]c4-c4c(F)cccc4F)cn23)cc1F.O=C(O)C(F)(F)F. The van der Waals surface area contributed by atoms with Crippen molar-refractivity contribution in [2.45, 2.75) is 6.18 Å². The number of halogens is 7. The predicted molar refractivity (Wildman–Crippen MR) is 117 cm³/mol. The Morgan fingerprint density at radius 2 is 1.51 bits per heavy atom. The van der Waals surface area contributed by atoms with Crippen molar-refractivity contribution in [1.82, 2.24) is 19.6 Å². The van der Waals surface area contributed by atoms with E-state index in [1.807, 2.05) is 0 Å². The van der Waals surface area contributed by atoms with Gasteiger partial charge in [-0.3, -0.25) is 9.50 Å². The number of imidazole rings is 1. The molecule has 0 amide bonds. The number of carboxylic acids is 1. The molecule has 0 radical (unpaired) electrons. The van der Waals surface area contributed by atoms with Crippen molar-refractivity contribution in [3.63, 3.8) is 0 Å². The van der Waals surface area contributed by atoms with Crippen molar-refractivity contribution < 1.29 is 40.6 Å². The van der Waals surface area contributed by atoms with E-state index in [4.69, 9.17) is 9.90 Å².